The molecule has 0 saturated heterocycles. The van der Waals surface area contributed by atoms with Crippen LogP contribution in [0.5, 0.6) is 0 Å². The normalized spacial score (nSPS) is 13.8. The highest BCUT2D eigenvalue weighted by Crippen LogP contribution is 2.32. The average Bonchev–Trinajstić information content (AvgIpc) is 2.89. The molecular formula is C11H11ClF3N3O. The summed E-state index contributed by atoms with van der Waals surface area (Å²) >= 11 is 5.81. The maximum absolute atomic E-state index is 12.3. The van der Waals surface area contributed by atoms with Crippen LogP contribution >= 0.6 is 11.6 Å². The molecule has 0 aliphatic carbocycles. The maximum atomic E-state index is 12.3. The van der Waals surface area contributed by atoms with Gasteiger partial charge in [0.1, 0.15) is 11.0 Å². The fourth-order valence-corrected chi connectivity index (χ4v) is 1.79. The van der Waals surface area contributed by atoms with Crippen LogP contribution in [0.25, 0.3) is 0 Å². The molecule has 2 aromatic rings. The number of rotatable bonds is 3. The van der Waals surface area contributed by atoms with Gasteiger partial charge in [0.2, 0.25) is 0 Å². The van der Waals surface area contributed by atoms with Crippen molar-refractivity contribution in [3.8, 4) is 0 Å². The Morgan fingerprint density at radius 3 is 2.68 bits per heavy atom. The van der Waals surface area contributed by atoms with Crippen molar-refractivity contribution in [3.63, 3.8) is 0 Å². The van der Waals surface area contributed by atoms with Crippen molar-refractivity contribution in [1.29, 1.82) is 0 Å². The third-order valence-corrected chi connectivity index (χ3v) is 3.10. The van der Waals surface area contributed by atoms with Crippen LogP contribution in [0.1, 0.15) is 17.5 Å². The van der Waals surface area contributed by atoms with Crippen molar-refractivity contribution in [2.24, 2.45) is 7.05 Å². The van der Waals surface area contributed by atoms with Crippen LogP contribution in [0.3, 0.4) is 0 Å². The lowest BCUT2D eigenvalue weighted by Crippen LogP contribution is -2.19. The van der Waals surface area contributed by atoms with Crippen molar-refractivity contribution in [2.75, 3.05) is 0 Å². The van der Waals surface area contributed by atoms with Crippen LogP contribution in [-0.2, 0) is 13.6 Å². The number of hydrogen-bond donors (Lipinski definition) is 1. The topological polar surface area (TPSA) is 43.0 Å². The van der Waals surface area contributed by atoms with Crippen LogP contribution in [0, 0.1) is 0 Å². The fraction of sp³-hybridized carbons (Fsp3) is 0.364. The Bertz CT molecular complexity index is 576. The molecule has 0 aromatic carbocycles. The van der Waals surface area contributed by atoms with Crippen LogP contribution < -0.4 is 0 Å². The number of aliphatic hydroxyl groups is 1. The van der Waals surface area contributed by atoms with Gasteiger partial charge < -0.3 is 14.2 Å². The van der Waals surface area contributed by atoms with Crippen molar-refractivity contribution in [1.82, 2.24) is 14.1 Å². The minimum absolute atomic E-state index is 0.201. The number of nitrogens with zero attached hydrogens (tertiary/aromatic N) is 3. The van der Waals surface area contributed by atoms with E-state index in [1.54, 1.807) is 11.6 Å². The van der Waals surface area contributed by atoms with E-state index in [4.69, 9.17) is 16.7 Å². The van der Waals surface area contributed by atoms with Gasteiger partial charge in [-0.15, -0.1) is 0 Å². The SMILES string of the molecule is Cn1c(Cl)cnc1Cn1ccc(C(O)C(F)(F)F)c1. The zero-order chi connectivity index (χ0) is 14.2. The van der Waals surface area contributed by atoms with Gasteiger partial charge in [-0.25, -0.2) is 4.98 Å². The first-order valence-corrected chi connectivity index (χ1v) is 5.73. The van der Waals surface area contributed by atoms with Gasteiger partial charge in [-0.3, -0.25) is 0 Å². The molecule has 2 heterocycles. The van der Waals surface area contributed by atoms with E-state index >= 15 is 0 Å². The van der Waals surface area contributed by atoms with Crippen molar-refractivity contribution in [2.45, 2.75) is 18.8 Å². The molecule has 0 fully saturated rings. The van der Waals surface area contributed by atoms with Crippen LogP contribution in [-0.4, -0.2) is 25.4 Å². The first-order chi connectivity index (χ1) is 8.79. The minimum atomic E-state index is -4.67. The van der Waals surface area contributed by atoms with E-state index in [1.807, 2.05) is 0 Å². The molecule has 104 valence electrons. The molecule has 0 bridgehead atoms. The molecule has 2 rings (SSSR count). The lowest BCUT2D eigenvalue weighted by Gasteiger charge is -2.12. The van der Waals surface area contributed by atoms with Crippen molar-refractivity contribution < 1.29 is 18.3 Å². The Morgan fingerprint density at radius 2 is 2.16 bits per heavy atom. The molecular weight excluding hydrogens is 283 g/mol. The Morgan fingerprint density at radius 1 is 1.47 bits per heavy atom. The van der Waals surface area contributed by atoms with E-state index in [0.717, 1.165) is 0 Å². The van der Waals surface area contributed by atoms with Crippen molar-refractivity contribution in [3.05, 3.63) is 41.2 Å². The maximum Gasteiger partial charge on any atom is 0.418 e. The second-order valence-electron chi connectivity index (χ2n) is 4.12. The highest BCUT2D eigenvalue weighted by molar-refractivity contribution is 6.29. The summed E-state index contributed by atoms with van der Waals surface area (Å²) < 4.78 is 40.2. The van der Waals surface area contributed by atoms with Crippen LogP contribution in [0.4, 0.5) is 13.2 Å². The largest absolute Gasteiger partial charge is 0.418 e. The molecule has 0 spiro atoms. The molecule has 19 heavy (non-hydrogen) atoms. The van der Waals surface area contributed by atoms with Gasteiger partial charge in [-0.05, 0) is 6.07 Å². The summed E-state index contributed by atoms with van der Waals surface area (Å²) in [6, 6.07) is 1.22. The van der Waals surface area contributed by atoms with E-state index in [-0.39, 0.29) is 12.1 Å². The molecule has 2 aromatic heterocycles. The number of alkyl halides is 3. The molecule has 1 atom stereocenters. The smallest absolute Gasteiger partial charge is 0.379 e. The van der Waals surface area contributed by atoms with Gasteiger partial charge >= 0.3 is 6.18 Å². The lowest BCUT2D eigenvalue weighted by atomic mass is 10.2. The summed E-state index contributed by atoms with van der Waals surface area (Å²) in [6.07, 6.45) is -2.99. The molecule has 0 aliphatic heterocycles. The number of halogens is 4. The van der Waals surface area contributed by atoms with Crippen LogP contribution in [0.15, 0.2) is 24.7 Å². The lowest BCUT2D eigenvalue weighted by molar-refractivity contribution is -0.206. The predicted octanol–water partition coefficient (Wildman–Crippen LogP) is 2.52. The molecule has 8 heteroatoms. The van der Waals surface area contributed by atoms with Gasteiger partial charge in [0.05, 0.1) is 12.7 Å². The molecule has 0 aliphatic rings. The number of aromatic nitrogens is 3. The van der Waals surface area contributed by atoms with Crippen LogP contribution in [0.2, 0.25) is 5.15 Å². The first kappa shape index (κ1) is 14.0. The van der Waals surface area contributed by atoms with Crippen molar-refractivity contribution >= 4 is 11.6 Å². The predicted molar refractivity (Wildman–Crippen MR) is 62.8 cm³/mol. The standard InChI is InChI=1S/C11H11ClF3N3O/c1-17-8(12)4-16-9(17)6-18-3-2-7(5-18)10(19)11(13,14)15/h2-5,10,19H,6H2,1H3. The summed E-state index contributed by atoms with van der Waals surface area (Å²) in [6.45, 7) is 0.272. The number of imidazole rings is 1. The zero-order valence-electron chi connectivity index (χ0n) is 9.89. The Balaban J connectivity index is 2.16. The molecule has 0 amide bonds. The van der Waals surface area contributed by atoms with Gasteiger partial charge in [0, 0.05) is 25.0 Å². The first-order valence-electron chi connectivity index (χ1n) is 5.35. The monoisotopic (exact) mass is 293 g/mol. The Kier molecular flexibility index (Phi) is 3.60. The Hall–Kier alpha value is -1.47. The summed E-state index contributed by atoms with van der Waals surface area (Å²) in [7, 11) is 1.71. The summed E-state index contributed by atoms with van der Waals surface area (Å²) in [4.78, 5) is 4.04. The third kappa shape index (κ3) is 2.93. The molecule has 1 N–H and O–H groups in total. The summed E-state index contributed by atoms with van der Waals surface area (Å²) in [5.41, 5.74) is -0.201. The zero-order valence-corrected chi connectivity index (χ0v) is 10.7. The molecule has 0 radical (unpaired) electrons. The van der Waals surface area contributed by atoms with Gasteiger partial charge in [0.15, 0.2) is 6.10 Å². The van der Waals surface area contributed by atoms with E-state index in [9.17, 15) is 13.2 Å². The summed E-state index contributed by atoms with van der Waals surface area (Å²) in [5, 5.41) is 9.56. The third-order valence-electron chi connectivity index (χ3n) is 2.75. The van der Waals surface area contributed by atoms with Gasteiger partial charge in [-0.2, -0.15) is 13.2 Å². The highest BCUT2D eigenvalue weighted by Gasteiger charge is 2.39. The molecule has 4 nitrogen and oxygen atoms in total. The number of hydrogen-bond acceptors (Lipinski definition) is 2. The van der Waals surface area contributed by atoms with Gasteiger partial charge in [0.25, 0.3) is 0 Å². The Labute approximate surface area is 112 Å². The highest BCUT2D eigenvalue weighted by atomic mass is 35.5. The second-order valence-corrected chi connectivity index (χ2v) is 4.50. The quantitative estimate of drug-likeness (QED) is 0.945. The van der Waals surface area contributed by atoms with E-state index in [1.165, 1.54) is 29.2 Å². The van der Waals surface area contributed by atoms with E-state index in [0.29, 0.717) is 11.0 Å². The number of aliphatic hydroxyl groups excluding tert-OH is 1. The second kappa shape index (κ2) is 4.90. The van der Waals surface area contributed by atoms with E-state index in [2.05, 4.69) is 4.98 Å². The fourth-order valence-electron chi connectivity index (χ4n) is 1.64. The average molecular weight is 294 g/mol. The molecule has 0 saturated carbocycles. The summed E-state index contributed by atoms with van der Waals surface area (Å²) in [5.74, 6) is 0.605. The molecule has 1 unspecified atom stereocenters. The van der Waals surface area contributed by atoms with Gasteiger partial charge in [-0.1, -0.05) is 11.6 Å². The van der Waals surface area contributed by atoms with E-state index < -0.39 is 12.3 Å². The minimum Gasteiger partial charge on any atom is -0.379 e.